The molecule has 0 saturated carbocycles. The van der Waals surface area contributed by atoms with E-state index in [1.54, 1.807) is 0 Å². The van der Waals surface area contributed by atoms with E-state index in [2.05, 4.69) is 34.5 Å². The number of hydrogen-bond acceptors (Lipinski definition) is 2. The summed E-state index contributed by atoms with van der Waals surface area (Å²) in [7, 11) is 0. The molecule has 0 amide bonds. The lowest BCUT2D eigenvalue weighted by Crippen LogP contribution is -2.40. The molecule has 0 aromatic heterocycles. The SMILES string of the molecule is CCNC(=NCC1CCN(CC(F)(F)F)C1)N1CCC(Cc2ccccc2)C1. The molecule has 0 spiro atoms. The number of hydrogen-bond donors (Lipinski definition) is 1. The predicted molar refractivity (Wildman–Crippen MR) is 106 cm³/mol. The van der Waals surface area contributed by atoms with Gasteiger partial charge in [-0.2, -0.15) is 13.2 Å². The summed E-state index contributed by atoms with van der Waals surface area (Å²) in [6, 6.07) is 10.6. The third-order valence-corrected chi connectivity index (χ3v) is 5.56. The van der Waals surface area contributed by atoms with Gasteiger partial charge < -0.3 is 10.2 Å². The molecule has 1 aromatic rings. The Kier molecular flexibility index (Phi) is 7.21. The number of rotatable bonds is 6. The van der Waals surface area contributed by atoms with Crippen LogP contribution in [0.3, 0.4) is 0 Å². The van der Waals surface area contributed by atoms with E-state index < -0.39 is 12.7 Å². The first-order valence-electron chi connectivity index (χ1n) is 10.3. The van der Waals surface area contributed by atoms with Gasteiger partial charge in [-0.05, 0) is 50.1 Å². The van der Waals surface area contributed by atoms with E-state index in [4.69, 9.17) is 4.99 Å². The zero-order valence-electron chi connectivity index (χ0n) is 16.6. The van der Waals surface area contributed by atoms with Gasteiger partial charge in [-0.3, -0.25) is 9.89 Å². The molecule has 2 unspecified atom stereocenters. The Morgan fingerprint density at radius 1 is 1.11 bits per heavy atom. The highest BCUT2D eigenvalue weighted by Gasteiger charge is 2.34. The highest BCUT2D eigenvalue weighted by Crippen LogP contribution is 2.24. The standard InChI is InChI=1S/C21H31F3N4/c1-2-25-20(26-13-19-8-10-27(14-19)16-21(22,23)24)28-11-9-18(15-28)12-17-6-4-3-5-7-17/h3-7,18-19H,2,8-16H2,1H3,(H,25,26). The van der Waals surface area contributed by atoms with Crippen molar-refractivity contribution < 1.29 is 13.2 Å². The Bertz CT molecular complexity index is 632. The van der Waals surface area contributed by atoms with Gasteiger partial charge in [0.2, 0.25) is 0 Å². The van der Waals surface area contributed by atoms with Crippen LogP contribution in [0.15, 0.2) is 35.3 Å². The maximum absolute atomic E-state index is 12.6. The van der Waals surface area contributed by atoms with Crippen LogP contribution in [-0.4, -0.2) is 67.7 Å². The van der Waals surface area contributed by atoms with Crippen LogP contribution in [0.1, 0.15) is 25.3 Å². The number of nitrogens with one attached hydrogen (secondary N) is 1. The number of guanidine groups is 1. The van der Waals surface area contributed by atoms with E-state index >= 15 is 0 Å². The summed E-state index contributed by atoms with van der Waals surface area (Å²) in [4.78, 5) is 8.58. The number of benzene rings is 1. The second-order valence-electron chi connectivity index (χ2n) is 7.99. The molecule has 2 heterocycles. The first kappa shape index (κ1) is 21.0. The number of likely N-dealkylation sites (tertiary alicyclic amines) is 2. The molecule has 1 aromatic carbocycles. The minimum atomic E-state index is -4.11. The van der Waals surface area contributed by atoms with E-state index in [0.29, 0.717) is 25.6 Å². The van der Waals surface area contributed by atoms with Crippen molar-refractivity contribution >= 4 is 5.96 Å². The van der Waals surface area contributed by atoms with Gasteiger partial charge in [-0.25, -0.2) is 0 Å². The molecule has 156 valence electrons. The molecule has 1 N–H and O–H groups in total. The zero-order valence-corrected chi connectivity index (χ0v) is 16.6. The molecular weight excluding hydrogens is 365 g/mol. The smallest absolute Gasteiger partial charge is 0.357 e. The quantitative estimate of drug-likeness (QED) is 0.591. The van der Waals surface area contributed by atoms with Gasteiger partial charge in [0.05, 0.1) is 6.54 Å². The summed E-state index contributed by atoms with van der Waals surface area (Å²) in [5.41, 5.74) is 1.37. The zero-order chi connectivity index (χ0) is 20.0. The predicted octanol–water partition coefficient (Wildman–Crippen LogP) is 3.40. The van der Waals surface area contributed by atoms with Gasteiger partial charge in [0, 0.05) is 32.7 Å². The van der Waals surface area contributed by atoms with Crippen molar-refractivity contribution in [3.05, 3.63) is 35.9 Å². The van der Waals surface area contributed by atoms with Gasteiger partial charge in [-0.1, -0.05) is 30.3 Å². The fourth-order valence-corrected chi connectivity index (χ4v) is 4.24. The number of nitrogens with zero attached hydrogens (tertiary/aromatic N) is 3. The molecule has 2 saturated heterocycles. The number of alkyl halides is 3. The van der Waals surface area contributed by atoms with Crippen LogP contribution < -0.4 is 5.32 Å². The van der Waals surface area contributed by atoms with Gasteiger partial charge >= 0.3 is 6.18 Å². The average molecular weight is 397 g/mol. The topological polar surface area (TPSA) is 30.9 Å². The van der Waals surface area contributed by atoms with Crippen molar-refractivity contribution in [1.29, 1.82) is 0 Å². The maximum Gasteiger partial charge on any atom is 0.401 e. The van der Waals surface area contributed by atoms with Crippen LogP contribution in [0.25, 0.3) is 0 Å². The van der Waals surface area contributed by atoms with Crippen LogP contribution in [0.4, 0.5) is 13.2 Å². The summed E-state index contributed by atoms with van der Waals surface area (Å²) >= 11 is 0. The van der Waals surface area contributed by atoms with Gasteiger partial charge in [0.1, 0.15) is 0 Å². The molecule has 2 aliphatic rings. The molecule has 0 bridgehead atoms. The van der Waals surface area contributed by atoms with E-state index in [-0.39, 0.29) is 5.92 Å². The third kappa shape index (κ3) is 6.40. The van der Waals surface area contributed by atoms with Gasteiger partial charge in [-0.15, -0.1) is 0 Å². The molecule has 2 atom stereocenters. The van der Waals surface area contributed by atoms with Crippen molar-refractivity contribution in [2.24, 2.45) is 16.8 Å². The second kappa shape index (κ2) is 9.63. The van der Waals surface area contributed by atoms with Crippen LogP contribution in [-0.2, 0) is 6.42 Å². The highest BCUT2D eigenvalue weighted by atomic mass is 19.4. The van der Waals surface area contributed by atoms with Crippen LogP contribution >= 0.6 is 0 Å². The largest absolute Gasteiger partial charge is 0.401 e. The summed E-state index contributed by atoms with van der Waals surface area (Å²) in [6.07, 6.45) is -1.11. The van der Waals surface area contributed by atoms with Crippen LogP contribution in [0.5, 0.6) is 0 Å². The number of aliphatic imine (C=N–C) groups is 1. The Hall–Kier alpha value is -1.76. The normalized spacial score (nSPS) is 24.1. The third-order valence-electron chi connectivity index (χ3n) is 5.56. The lowest BCUT2D eigenvalue weighted by atomic mass is 9.99. The Labute approximate surface area is 165 Å². The van der Waals surface area contributed by atoms with E-state index in [9.17, 15) is 13.2 Å². The summed E-state index contributed by atoms with van der Waals surface area (Å²) < 4.78 is 37.7. The minimum Gasteiger partial charge on any atom is -0.357 e. The van der Waals surface area contributed by atoms with Crippen molar-refractivity contribution in [2.45, 2.75) is 32.4 Å². The van der Waals surface area contributed by atoms with E-state index in [0.717, 1.165) is 44.9 Å². The first-order chi connectivity index (χ1) is 13.4. The summed E-state index contributed by atoms with van der Waals surface area (Å²) in [5, 5.41) is 3.36. The fraction of sp³-hybridized carbons (Fsp3) is 0.667. The Balaban J connectivity index is 1.50. The molecule has 3 rings (SSSR count). The highest BCUT2D eigenvalue weighted by molar-refractivity contribution is 5.80. The van der Waals surface area contributed by atoms with Crippen LogP contribution in [0, 0.1) is 11.8 Å². The Morgan fingerprint density at radius 3 is 2.57 bits per heavy atom. The fourth-order valence-electron chi connectivity index (χ4n) is 4.24. The summed E-state index contributed by atoms with van der Waals surface area (Å²) in [5.74, 6) is 1.73. The van der Waals surface area contributed by atoms with Crippen molar-refractivity contribution in [2.75, 3.05) is 45.8 Å². The molecule has 0 aliphatic carbocycles. The van der Waals surface area contributed by atoms with Crippen molar-refractivity contribution in [1.82, 2.24) is 15.1 Å². The molecule has 28 heavy (non-hydrogen) atoms. The Morgan fingerprint density at radius 2 is 1.86 bits per heavy atom. The van der Waals surface area contributed by atoms with E-state index in [1.165, 1.54) is 10.5 Å². The van der Waals surface area contributed by atoms with Crippen molar-refractivity contribution in [3.8, 4) is 0 Å². The summed E-state index contributed by atoms with van der Waals surface area (Å²) in [6.45, 7) is 5.59. The second-order valence-corrected chi connectivity index (χ2v) is 7.99. The maximum atomic E-state index is 12.6. The van der Waals surface area contributed by atoms with Crippen molar-refractivity contribution in [3.63, 3.8) is 0 Å². The lowest BCUT2D eigenvalue weighted by molar-refractivity contribution is -0.143. The van der Waals surface area contributed by atoms with E-state index in [1.807, 2.05) is 13.0 Å². The molecule has 4 nitrogen and oxygen atoms in total. The first-order valence-corrected chi connectivity index (χ1v) is 10.3. The number of halogens is 3. The van der Waals surface area contributed by atoms with Crippen LogP contribution in [0.2, 0.25) is 0 Å². The molecule has 0 radical (unpaired) electrons. The van der Waals surface area contributed by atoms with Gasteiger partial charge in [0.15, 0.2) is 5.96 Å². The average Bonchev–Trinajstić information content (AvgIpc) is 3.28. The molecule has 2 aliphatic heterocycles. The minimum absolute atomic E-state index is 0.207. The molecule has 2 fully saturated rings. The van der Waals surface area contributed by atoms with Gasteiger partial charge in [0.25, 0.3) is 0 Å². The molecular formula is C21H31F3N4. The molecule has 7 heteroatoms. The lowest BCUT2D eigenvalue weighted by Gasteiger charge is -2.22. The monoisotopic (exact) mass is 396 g/mol.